The summed E-state index contributed by atoms with van der Waals surface area (Å²) in [5, 5.41) is 5.01. The van der Waals surface area contributed by atoms with E-state index in [1.807, 2.05) is 0 Å². The third-order valence-corrected chi connectivity index (χ3v) is 14.9. The molecular weight excluding hydrogens is 857 g/mol. The zero-order chi connectivity index (χ0) is 47.7. The van der Waals surface area contributed by atoms with Crippen LogP contribution in [0.1, 0.15) is 43.0 Å². The van der Waals surface area contributed by atoms with E-state index < -0.39 is 5.41 Å². The van der Waals surface area contributed by atoms with E-state index in [-0.39, 0.29) is 5.54 Å². The zero-order valence-corrected chi connectivity index (χ0v) is 40.2. The van der Waals surface area contributed by atoms with Crippen LogP contribution in [0.4, 0.5) is 17.1 Å². The molecule has 1 aliphatic rings. The molecule has 12 aromatic rings. The Morgan fingerprint density at radius 2 is 0.859 bits per heavy atom. The number of benzene rings is 11. The van der Waals surface area contributed by atoms with E-state index in [0.29, 0.717) is 0 Å². The molecule has 71 heavy (non-hydrogen) atoms. The smallest absolute Gasteiger partial charge is 0.0714 e. The summed E-state index contributed by atoms with van der Waals surface area (Å²) in [4.78, 5) is 2.48. The number of hydrogen-bond donors (Lipinski definition) is 0. The van der Waals surface area contributed by atoms with Gasteiger partial charge in [0.2, 0.25) is 0 Å². The average molecular weight is 909 g/mol. The molecule has 11 aromatic carbocycles. The second-order valence-electron chi connectivity index (χ2n) is 20.0. The molecule has 0 saturated carbocycles. The van der Waals surface area contributed by atoms with E-state index in [4.69, 9.17) is 0 Å². The summed E-state index contributed by atoms with van der Waals surface area (Å²) >= 11 is 0. The van der Waals surface area contributed by atoms with E-state index in [1.165, 1.54) is 99.3 Å². The highest BCUT2D eigenvalue weighted by atomic mass is 15.1. The Kier molecular flexibility index (Phi) is 10.0. The van der Waals surface area contributed by atoms with Gasteiger partial charge in [0.1, 0.15) is 0 Å². The molecule has 0 bridgehead atoms. The number of hydrogen-bond acceptors (Lipinski definition) is 1. The lowest BCUT2D eigenvalue weighted by Gasteiger charge is -2.35. The molecule has 2 heteroatoms. The Morgan fingerprint density at radius 3 is 1.55 bits per heavy atom. The minimum atomic E-state index is -0.601. The van der Waals surface area contributed by atoms with Crippen molar-refractivity contribution >= 4 is 49.6 Å². The molecule has 1 heterocycles. The van der Waals surface area contributed by atoms with Gasteiger partial charge in [0, 0.05) is 38.9 Å². The molecule has 338 valence electrons. The Morgan fingerprint density at radius 1 is 0.338 bits per heavy atom. The van der Waals surface area contributed by atoms with Crippen LogP contribution in [0.15, 0.2) is 261 Å². The van der Waals surface area contributed by atoms with Crippen molar-refractivity contribution in [3.63, 3.8) is 0 Å². The van der Waals surface area contributed by atoms with E-state index in [1.54, 1.807) is 0 Å². The van der Waals surface area contributed by atoms with Crippen molar-refractivity contribution in [2.45, 2.75) is 31.7 Å². The number of anilines is 3. The van der Waals surface area contributed by atoms with Gasteiger partial charge >= 0.3 is 0 Å². The van der Waals surface area contributed by atoms with Gasteiger partial charge < -0.3 is 9.47 Å². The molecule has 0 atom stereocenters. The van der Waals surface area contributed by atoms with Gasteiger partial charge in [0.25, 0.3) is 0 Å². The lowest BCUT2D eigenvalue weighted by Crippen LogP contribution is -2.28. The van der Waals surface area contributed by atoms with Crippen LogP contribution in [0.2, 0.25) is 0 Å². The first kappa shape index (κ1) is 42.4. The SMILES string of the molecule is CC(C)(C)n1c2ccccc2c2ccc(N(c3ccc(-c4ccc5ccccc5c4-c4ccccc4)cc3)c3ccc4c(c3)C(c3ccccc3)(c3ccccc3)c3cccc(-c5ccccc5)c3-4)cc21. The Hall–Kier alpha value is -8.72. The van der Waals surface area contributed by atoms with Crippen molar-refractivity contribution in [1.82, 2.24) is 4.57 Å². The summed E-state index contributed by atoms with van der Waals surface area (Å²) in [6.45, 7) is 6.94. The van der Waals surface area contributed by atoms with Crippen LogP contribution >= 0.6 is 0 Å². The van der Waals surface area contributed by atoms with Crippen LogP contribution in [0.3, 0.4) is 0 Å². The predicted molar refractivity (Wildman–Crippen MR) is 300 cm³/mol. The van der Waals surface area contributed by atoms with Gasteiger partial charge in [0.05, 0.1) is 10.9 Å². The first-order valence-corrected chi connectivity index (χ1v) is 24.8. The monoisotopic (exact) mass is 908 g/mol. The maximum absolute atomic E-state index is 2.52. The first-order valence-electron chi connectivity index (χ1n) is 24.8. The molecule has 0 fully saturated rings. The standard InChI is InChI=1S/C69H52N2/c1-68(2,3)71-64-34-19-18-31-59(64)60-43-40-55(46-65(60)71)70(53-38-35-49(36-39-53)58-42-37-48-23-16-17-30-56(48)66(58)50-24-10-5-11-25-50)54-41-44-61-63(45-54)69(51-26-12-6-13-27-51,52-28-14-7-15-29-52)62-33-20-32-57(67(61)62)47-21-8-4-9-22-47/h4-46H,1-3H3. The van der Waals surface area contributed by atoms with Crippen molar-refractivity contribution in [3.8, 4) is 44.5 Å². The quantitative estimate of drug-likeness (QED) is 0.147. The molecule has 0 amide bonds. The van der Waals surface area contributed by atoms with Crippen LogP contribution in [0, 0.1) is 0 Å². The van der Waals surface area contributed by atoms with Crippen LogP contribution in [-0.4, -0.2) is 4.57 Å². The third kappa shape index (κ3) is 6.78. The van der Waals surface area contributed by atoms with Crippen molar-refractivity contribution in [1.29, 1.82) is 0 Å². The molecule has 0 radical (unpaired) electrons. The van der Waals surface area contributed by atoms with Gasteiger partial charge in [-0.25, -0.2) is 0 Å². The molecule has 0 aliphatic heterocycles. The van der Waals surface area contributed by atoms with Gasteiger partial charge in [-0.3, -0.25) is 0 Å². The average Bonchev–Trinajstić information content (AvgIpc) is 3.93. The molecule has 0 N–H and O–H groups in total. The van der Waals surface area contributed by atoms with E-state index in [9.17, 15) is 0 Å². The minimum absolute atomic E-state index is 0.163. The molecule has 0 spiro atoms. The largest absolute Gasteiger partial charge is 0.335 e. The minimum Gasteiger partial charge on any atom is -0.335 e. The molecule has 0 unspecified atom stereocenters. The van der Waals surface area contributed by atoms with Crippen LogP contribution < -0.4 is 4.90 Å². The molecule has 2 nitrogen and oxygen atoms in total. The highest BCUT2D eigenvalue weighted by molar-refractivity contribution is 6.10. The fourth-order valence-corrected chi connectivity index (χ4v) is 12.0. The predicted octanol–water partition coefficient (Wildman–Crippen LogP) is 18.5. The highest BCUT2D eigenvalue weighted by Crippen LogP contribution is 2.59. The van der Waals surface area contributed by atoms with Gasteiger partial charge in [-0.15, -0.1) is 0 Å². The fraction of sp³-hybridized carbons (Fsp3) is 0.0725. The first-order chi connectivity index (χ1) is 34.9. The Bertz CT molecular complexity index is 3900. The maximum Gasteiger partial charge on any atom is 0.0714 e. The topological polar surface area (TPSA) is 8.17 Å². The van der Waals surface area contributed by atoms with Gasteiger partial charge in [0.15, 0.2) is 0 Å². The summed E-state index contributed by atoms with van der Waals surface area (Å²) in [6.07, 6.45) is 0. The maximum atomic E-state index is 2.52. The van der Waals surface area contributed by atoms with Crippen LogP contribution in [0.25, 0.3) is 77.1 Å². The van der Waals surface area contributed by atoms with Crippen LogP contribution in [-0.2, 0) is 11.0 Å². The Balaban J connectivity index is 1.07. The molecule has 0 saturated heterocycles. The third-order valence-electron chi connectivity index (χ3n) is 14.9. The molecular formula is C69H52N2. The van der Waals surface area contributed by atoms with Crippen molar-refractivity contribution in [3.05, 3.63) is 283 Å². The van der Waals surface area contributed by atoms with Crippen molar-refractivity contribution in [2.75, 3.05) is 4.90 Å². The summed E-state index contributed by atoms with van der Waals surface area (Å²) < 4.78 is 2.52. The van der Waals surface area contributed by atoms with E-state index in [2.05, 4.69) is 291 Å². The number of fused-ring (bicyclic) bond motifs is 7. The molecule has 1 aliphatic carbocycles. The summed E-state index contributed by atoms with van der Waals surface area (Å²) in [6, 6.07) is 96.7. The van der Waals surface area contributed by atoms with Crippen molar-refractivity contribution in [2.24, 2.45) is 0 Å². The number of rotatable bonds is 8. The second kappa shape index (κ2) is 16.8. The lowest BCUT2D eigenvalue weighted by atomic mass is 9.67. The molecule has 13 rings (SSSR count). The normalized spacial score (nSPS) is 12.8. The summed E-state index contributed by atoms with van der Waals surface area (Å²) in [5.74, 6) is 0. The molecule has 1 aromatic heterocycles. The number of para-hydroxylation sites is 1. The van der Waals surface area contributed by atoms with Crippen LogP contribution in [0.5, 0.6) is 0 Å². The zero-order valence-electron chi connectivity index (χ0n) is 40.2. The summed E-state index contributed by atoms with van der Waals surface area (Å²) in [5.41, 5.74) is 19.8. The van der Waals surface area contributed by atoms with E-state index >= 15 is 0 Å². The Labute approximate surface area is 416 Å². The van der Waals surface area contributed by atoms with Gasteiger partial charge in [-0.1, -0.05) is 218 Å². The summed E-state index contributed by atoms with van der Waals surface area (Å²) in [7, 11) is 0. The fourth-order valence-electron chi connectivity index (χ4n) is 12.0. The van der Waals surface area contributed by atoms with Crippen molar-refractivity contribution < 1.29 is 0 Å². The van der Waals surface area contributed by atoms with Gasteiger partial charge in [-0.2, -0.15) is 0 Å². The van der Waals surface area contributed by atoms with E-state index in [0.717, 1.165) is 17.1 Å². The number of aromatic nitrogens is 1. The van der Waals surface area contributed by atoms with Gasteiger partial charge in [-0.05, 0) is 141 Å². The number of nitrogens with zero attached hydrogens (tertiary/aromatic N) is 2. The second-order valence-corrected chi connectivity index (χ2v) is 20.0. The lowest BCUT2D eigenvalue weighted by molar-refractivity contribution is 0.423. The highest BCUT2D eigenvalue weighted by Gasteiger charge is 2.47.